The number of rotatable bonds is 5. The maximum Gasteiger partial charge on any atom is 0.242 e. The Bertz CT molecular complexity index is 764. The predicted octanol–water partition coefficient (Wildman–Crippen LogP) is 1.47. The van der Waals surface area contributed by atoms with E-state index < -0.39 is 11.6 Å². The zero-order valence-corrected chi connectivity index (χ0v) is 16.9. The molecule has 1 aromatic rings. The van der Waals surface area contributed by atoms with Gasteiger partial charge in [-0.15, -0.1) is 0 Å². The first kappa shape index (κ1) is 20.3. The topological polar surface area (TPSA) is 79.0 Å². The van der Waals surface area contributed by atoms with Crippen LogP contribution in [0.15, 0.2) is 24.3 Å². The van der Waals surface area contributed by atoms with Crippen LogP contribution >= 0.6 is 0 Å². The summed E-state index contributed by atoms with van der Waals surface area (Å²) in [5.41, 5.74) is -0.0639. The van der Waals surface area contributed by atoms with Crippen LogP contribution in [0.2, 0.25) is 0 Å². The van der Waals surface area contributed by atoms with Crippen LogP contribution in [-0.4, -0.2) is 72.8 Å². The van der Waals surface area contributed by atoms with Crippen molar-refractivity contribution in [3.8, 4) is 5.75 Å². The highest BCUT2D eigenvalue weighted by Crippen LogP contribution is 2.39. The van der Waals surface area contributed by atoms with Gasteiger partial charge >= 0.3 is 0 Å². The van der Waals surface area contributed by atoms with Gasteiger partial charge in [0.15, 0.2) is 5.78 Å². The lowest BCUT2D eigenvalue weighted by atomic mass is 9.84. The molecular formula is C21H29N3O4. The average molecular weight is 387 g/mol. The van der Waals surface area contributed by atoms with E-state index in [4.69, 9.17) is 4.74 Å². The molecule has 0 bridgehead atoms. The molecule has 0 unspecified atom stereocenters. The van der Waals surface area contributed by atoms with Crippen LogP contribution in [0.25, 0.3) is 0 Å². The van der Waals surface area contributed by atoms with Crippen LogP contribution in [-0.2, 0) is 9.59 Å². The van der Waals surface area contributed by atoms with Crippen molar-refractivity contribution < 1.29 is 19.1 Å². The molecule has 0 aliphatic carbocycles. The first-order valence-corrected chi connectivity index (χ1v) is 9.84. The Kier molecular flexibility index (Phi) is 6.03. The van der Waals surface area contributed by atoms with Gasteiger partial charge in [-0.05, 0) is 39.6 Å². The quantitative estimate of drug-likeness (QED) is 0.828. The molecule has 2 amide bonds. The largest absolute Gasteiger partial charge is 0.486 e. The van der Waals surface area contributed by atoms with E-state index in [2.05, 4.69) is 5.32 Å². The summed E-state index contributed by atoms with van der Waals surface area (Å²) >= 11 is 0. The molecule has 28 heavy (non-hydrogen) atoms. The third kappa shape index (κ3) is 4.35. The van der Waals surface area contributed by atoms with Crippen LogP contribution in [0, 0.1) is 0 Å². The number of likely N-dealkylation sites (N-methyl/N-ethyl adjacent to an activating group) is 1. The van der Waals surface area contributed by atoms with E-state index in [-0.39, 0.29) is 30.4 Å². The number of ether oxygens (including phenoxy) is 1. The van der Waals surface area contributed by atoms with E-state index in [1.807, 2.05) is 31.1 Å². The summed E-state index contributed by atoms with van der Waals surface area (Å²) in [4.78, 5) is 41.4. The van der Waals surface area contributed by atoms with Crippen LogP contribution in [0.1, 0.15) is 43.0 Å². The van der Waals surface area contributed by atoms with Gasteiger partial charge in [0.05, 0.1) is 12.0 Å². The fourth-order valence-corrected chi connectivity index (χ4v) is 3.88. The summed E-state index contributed by atoms with van der Waals surface area (Å²) in [5, 5.41) is 2.88. The molecule has 152 valence electrons. The molecule has 7 nitrogen and oxygen atoms in total. The molecule has 0 saturated carbocycles. The summed E-state index contributed by atoms with van der Waals surface area (Å²) in [6, 6.07) is 6.71. The Hall–Kier alpha value is -2.41. The second-order valence-corrected chi connectivity index (χ2v) is 7.99. The normalized spacial score (nSPS) is 23.2. The van der Waals surface area contributed by atoms with E-state index in [0.717, 1.165) is 6.54 Å². The maximum absolute atomic E-state index is 12.7. The van der Waals surface area contributed by atoms with E-state index in [1.165, 1.54) is 0 Å². The minimum atomic E-state index is -0.670. The number of carbonyl (C=O) groups is 3. The highest BCUT2D eigenvalue weighted by Gasteiger charge is 2.44. The molecule has 2 aliphatic heterocycles. The summed E-state index contributed by atoms with van der Waals surface area (Å²) in [5.74, 6) is 0.422. The number of para-hydroxylation sites is 1. The Labute approximate surface area is 166 Å². The van der Waals surface area contributed by atoms with Gasteiger partial charge in [-0.25, -0.2) is 0 Å². The van der Waals surface area contributed by atoms with Crippen molar-refractivity contribution >= 4 is 17.6 Å². The van der Waals surface area contributed by atoms with Gasteiger partial charge in [-0.1, -0.05) is 12.1 Å². The molecule has 0 radical (unpaired) electrons. The minimum Gasteiger partial charge on any atom is -0.486 e. The predicted molar refractivity (Wildman–Crippen MR) is 105 cm³/mol. The van der Waals surface area contributed by atoms with E-state index in [1.54, 1.807) is 24.0 Å². The smallest absolute Gasteiger partial charge is 0.242 e. The third-order valence-corrected chi connectivity index (χ3v) is 5.63. The van der Waals surface area contributed by atoms with Crippen LogP contribution in [0.5, 0.6) is 5.75 Å². The molecular weight excluding hydrogens is 358 g/mol. The lowest BCUT2D eigenvalue weighted by molar-refractivity contribution is -0.139. The molecule has 1 aromatic carbocycles. The maximum atomic E-state index is 12.7. The summed E-state index contributed by atoms with van der Waals surface area (Å²) in [6.07, 6.45) is 1.56. The Morgan fingerprint density at radius 1 is 1.29 bits per heavy atom. The molecule has 1 N–H and O–H groups in total. The molecule has 1 spiro atoms. The van der Waals surface area contributed by atoms with Crippen molar-refractivity contribution in [2.75, 3.05) is 33.7 Å². The van der Waals surface area contributed by atoms with Gasteiger partial charge in [0, 0.05) is 32.5 Å². The van der Waals surface area contributed by atoms with Crippen LogP contribution in [0.3, 0.4) is 0 Å². The summed E-state index contributed by atoms with van der Waals surface area (Å²) in [7, 11) is 3.88. The lowest BCUT2D eigenvalue weighted by Gasteiger charge is -2.37. The van der Waals surface area contributed by atoms with Crippen molar-refractivity contribution in [3.05, 3.63) is 29.8 Å². The SMILES string of the molecule is C[C@H](C(=O)NCCN(C)C)N1CC[C@]2(CCC1=O)CC(=O)c1ccccc1O2. The second kappa shape index (κ2) is 8.31. The number of hydrogen-bond acceptors (Lipinski definition) is 5. The fourth-order valence-electron chi connectivity index (χ4n) is 3.88. The van der Waals surface area contributed by atoms with Crippen molar-refractivity contribution in [2.45, 2.75) is 44.2 Å². The van der Waals surface area contributed by atoms with Crippen molar-refractivity contribution in [1.29, 1.82) is 0 Å². The third-order valence-electron chi connectivity index (χ3n) is 5.63. The van der Waals surface area contributed by atoms with Gasteiger partial charge in [0.1, 0.15) is 17.4 Å². The van der Waals surface area contributed by atoms with Crippen molar-refractivity contribution in [3.63, 3.8) is 0 Å². The van der Waals surface area contributed by atoms with Crippen molar-refractivity contribution in [1.82, 2.24) is 15.1 Å². The van der Waals surface area contributed by atoms with Crippen LogP contribution in [0.4, 0.5) is 0 Å². The highest BCUT2D eigenvalue weighted by molar-refractivity contribution is 6.00. The number of Topliss-reactive ketones (excluding diaryl/α,β-unsaturated/α-hetero) is 1. The van der Waals surface area contributed by atoms with E-state index >= 15 is 0 Å². The van der Waals surface area contributed by atoms with E-state index in [9.17, 15) is 14.4 Å². The zero-order valence-electron chi connectivity index (χ0n) is 16.9. The molecule has 1 saturated heterocycles. The minimum absolute atomic E-state index is 0.0530. The molecule has 7 heteroatoms. The van der Waals surface area contributed by atoms with Crippen LogP contribution < -0.4 is 10.1 Å². The molecule has 2 aliphatic rings. The Balaban J connectivity index is 1.67. The average Bonchev–Trinajstić information content (AvgIpc) is 2.80. The van der Waals surface area contributed by atoms with Gasteiger partial charge in [0.25, 0.3) is 0 Å². The van der Waals surface area contributed by atoms with Gasteiger partial charge < -0.3 is 19.9 Å². The number of carbonyl (C=O) groups excluding carboxylic acids is 3. The van der Waals surface area contributed by atoms with Gasteiger partial charge in [-0.2, -0.15) is 0 Å². The Morgan fingerprint density at radius 2 is 2.04 bits per heavy atom. The van der Waals surface area contributed by atoms with E-state index in [0.29, 0.717) is 37.2 Å². The fraction of sp³-hybridized carbons (Fsp3) is 0.571. The number of hydrogen-bond donors (Lipinski definition) is 1. The monoisotopic (exact) mass is 387 g/mol. The van der Waals surface area contributed by atoms with Crippen molar-refractivity contribution in [2.24, 2.45) is 0 Å². The number of nitrogens with zero attached hydrogens (tertiary/aromatic N) is 2. The number of fused-ring (bicyclic) bond motifs is 1. The first-order chi connectivity index (χ1) is 13.3. The Morgan fingerprint density at radius 3 is 2.79 bits per heavy atom. The number of amides is 2. The second-order valence-electron chi connectivity index (χ2n) is 7.99. The number of ketones is 1. The molecule has 2 heterocycles. The molecule has 0 aromatic heterocycles. The van der Waals surface area contributed by atoms with Gasteiger partial charge in [-0.3, -0.25) is 14.4 Å². The standard InChI is InChI=1S/C21H29N3O4/c1-15(20(27)22-11-13-23(2)3)24-12-10-21(9-8-19(24)26)14-17(25)16-6-4-5-7-18(16)28-21/h4-7,15H,8-14H2,1-3H3,(H,22,27)/t15-,21-/m1/s1. The van der Waals surface area contributed by atoms with Gasteiger partial charge in [0.2, 0.25) is 11.8 Å². The summed E-state index contributed by atoms with van der Waals surface area (Å²) in [6.45, 7) is 3.43. The molecule has 2 atom stereocenters. The number of likely N-dealkylation sites (tertiary alicyclic amines) is 1. The molecule has 3 rings (SSSR count). The lowest BCUT2D eigenvalue weighted by Crippen LogP contribution is -2.49. The molecule has 1 fully saturated rings. The highest BCUT2D eigenvalue weighted by atomic mass is 16.5. The zero-order chi connectivity index (χ0) is 20.3. The summed E-state index contributed by atoms with van der Waals surface area (Å²) < 4.78 is 6.23. The first-order valence-electron chi connectivity index (χ1n) is 9.84. The number of benzene rings is 1. The number of nitrogens with one attached hydrogen (secondary N) is 1.